The van der Waals surface area contributed by atoms with Crippen LogP contribution in [0, 0.1) is 0 Å². The zero-order valence-corrected chi connectivity index (χ0v) is 11.3. The van der Waals surface area contributed by atoms with E-state index in [9.17, 15) is 8.42 Å². The molecule has 0 aliphatic heterocycles. The minimum absolute atomic E-state index is 0.0615. The van der Waals surface area contributed by atoms with E-state index in [2.05, 4.69) is 5.32 Å². The van der Waals surface area contributed by atoms with Crippen LogP contribution in [0.25, 0.3) is 0 Å². The summed E-state index contributed by atoms with van der Waals surface area (Å²) in [6.45, 7) is 1.78. The zero-order valence-electron chi connectivity index (χ0n) is 9.00. The summed E-state index contributed by atoms with van der Waals surface area (Å²) in [6.07, 6.45) is 1.20. The van der Waals surface area contributed by atoms with Crippen molar-refractivity contribution in [1.82, 2.24) is 0 Å². The summed E-state index contributed by atoms with van der Waals surface area (Å²) in [5.74, 6) is 0.0615. The van der Waals surface area contributed by atoms with Crippen molar-refractivity contribution in [3.8, 4) is 0 Å². The molecule has 1 N–H and O–H groups in total. The molecular formula is C10H13Cl2NO2S. The Kier molecular flexibility index (Phi) is 4.47. The van der Waals surface area contributed by atoms with Gasteiger partial charge in [-0.15, -0.1) is 0 Å². The first kappa shape index (κ1) is 13.6. The smallest absolute Gasteiger partial charge is 0.149 e. The van der Waals surface area contributed by atoms with Crippen LogP contribution in [0.5, 0.6) is 0 Å². The number of sulfone groups is 1. The molecule has 1 rings (SSSR count). The Hall–Kier alpha value is -0.450. The first-order valence-electron chi connectivity index (χ1n) is 4.67. The van der Waals surface area contributed by atoms with Crippen molar-refractivity contribution in [3.63, 3.8) is 0 Å². The van der Waals surface area contributed by atoms with Gasteiger partial charge in [-0.2, -0.15) is 0 Å². The van der Waals surface area contributed by atoms with Crippen molar-refractivity contribution in [3.05, 3.63) is 28.2 Å². The number of hydrogen-bond donors (Lipinski definition) is 1. The van der Waals surface area contributed by atoms with Crippen LogP contribution in [-0.2, 0) is 9.84 Å². The van der Waals surface area contributed by atoms with Crippen LogP contribution in [-0.4, -0.2) is 26.5 Å². The normalized spacial score (nSPS) is 13.5. The molecule has 0 bridgehead atoms. The third kappa shape index (κ3) is 4.60. The molecule has 0 radical (unpaired) electrons. The average molecular weight is 282 g/mol. The summed E-state index contributed by atoms with van der Waals surface area (Å²) in [5, 5.41) is 4.05. The summed E-state index contributed by atoms with van der Waals surface area (Å²) in [6, 6.07) is 4.83. The summed E-state index contributed by atoms with van der Waals surface area (Å²) in [4.78, 5) is 0. The quantitative estimate of drug-likeness (QED) is 0.923. The molecule has 0 aliphatic rings. The van der Waals surface area contributed by atoms with Gasteiger partial charge in [0.2, 0.25) is 0 Å². The monoisotopic (exact) mass is 281 g/mol. The maximum Gasteiger partial charge on any atom is 0.149 e. The summed E-state index contributed by atoms with van der Waals surface area (Å²) in [5.41, 5.74) is 0.683. The summed E-state index contributed by atoms with van der Waals surface area (Å²) in [7, 11) is -3.00. The number of benzene rings is 1. The molecule has 0 saturated carbocycles. The van der Waals surface area contributed by atoms with Gasteiger partial charge in [0.05, 0.1) is 16.5 Å². The van der Waals surface area contributed by atoms with Crippen LogP contribution in [0.1, 0.15) is 6.92 Å². The van der Waals surface area contributed by atoms with E-state index in [1.54, 1.807) is 25.1 Å². The lowest BCUT2D eigenvalue weighted by Crippen LogP contribution is -2.25. The second-order valence-corrected chi connectivity index (χ2v) is 6.79. The highest BCUT2D eigenvalue weighted by atomic mass is 35.5. The molecule has 0 aromatic heterocycles. The van der Waals surface area contributed by atoms with Crippen LogP contribution in [0.4, 0.5) is 5.69 Å². The summed E-state index contributed by atoms with van der Waals surface area (Å²) < 4.78 is 22.2. The topological polar surface area (TPSA) is 46.2 Å². The van der Waals surface area contributed by atoms with Gasteiger partial charge in [-0.1, -0.05) is 23.2 Å². The molecule has 0 saturated heterocycles. The predicted octanol–water partition coefficient (Wildman–Crippen LogP) is 2.84. The fourth-order valence-corrected chi connectivity index (χ4v) is 2.82. The van der Waals surface area contributed by atoms with Crippen molar-refractivity contribution in [2.75, 3.05) is 17.3 Å². The van der Waals surface area contributed by atoms with E-state index >= 15 is 0 Å². The lowest BCUT2D eigenvalue weighted by Gasteiger charge is -2.15. The molecule has 6 heteroatoms. The van der Waals surface area contributed by atoms with E-state index in [4.69, 9.17) is 23.2 Å². The van der Waals surface area contributed by atoms with Crippen LogP contribution >= 0.6 is 23.2 Å². The van der Waals surface area contributed by atoms with Gasteiger partial charge >= 0.3 is 0 Å². The Balaban J connectivity index is 2.73. The second kappa shape index (κ2) is 5.25. The fraction of sp³-hybridized carbons (Fsp3) is 0.400. The van der Waals surface area contributed by atoms with Crippen molar-refractivity contribution >= 4 is 38.7 Å². The van der Waals surface area contributed by atoms with Crippen molar-refractivity contribution in [2.24, 2.45) is 0 Å². The Morgan fingerprint density at radius 1 is 1.38 bits per heavy atom. The average Bonchev–Trinajstić information content (AvgIpc) is 2.06. The molecule has 1 unspecified atom stereocenters. The molecule has 0 aliphatic carbocycles. The molecular weight excluding hydrogens is 269 g/mol. The van der Waals surface area contributed by atoms with E-state index in [0.29, 0.717) is 15.7 Å². The number of nitrogens with one attached hydrogen (secondary N) is 1. The molecule has 3 nitrogen and oxygen atoms in total. The van der Waals surface area contributed by atoms with Crippen LogP contribution < -0.4 is 5.32 Å². The SMILES string of the molecule is CC(CS(C)(=O)=O)Nc1ccc(Cl)cc1Cl. The van der Waals surface area contributed by atoms with Gasteiger partial charge in [0.25, 0.3) is 0 Å². The van der Waals surface area contributed by atoms with Crippen LogP contribution in [0.2, 0.25) is 10.0 Å². The number of hydrogen-bond acceptors (Lipinski definition) is 3. The minimum Gasteiger partial charge on any atom is -0.380 e. The lowest BCUT2D eigenvalue weighted by atomic mass is 10.3. The number of anilines is 1. The van der Waals surface area contributed by atoms with E-state index in [1.165, 1.54) is 6.26 Å². The molecule has 0 heterocycles. The van der Waals surface area contributed by atoms with Crippen molar-refractivity contribution in [2.45, 2.75) is 13.0 Å². The van der Waals surface area contributed by atoms with Crippen LogP contribution in [0.15, 0.2) is 18.2 Å². The molecule has 1 atom stereocenters. The van der Waals surface area contributed by atoms with Gasteiger partial charge in [0.15, 0.2) is 0 Å². The maximum absolute atomic E-state index is 11.1. The Labute approximate surface area is 106 Å². The molecule has 0 fully saturated rings. The minimum atomic E-state index is -3.00. The van der Waals surface area contributed by atoms with E-state index < -0.39 is 9.84 Å². The standard InChI is InChI=1S/C10H13Cl2NO2S/c1-7(6-16(2,14)15)13-10-4-3-8(11)5-9(10)12/h3-5,7,13H,6H2,1-2H3. The third-order valence-corrected chi connectivity index (χ3v) is 3.54. The van der Waals surface area contributed by atoms with E-state index in [-0.39, 0.29) is 11.8 Å². The number of halogens is 2. The van der Waals surface area contributed by atoms with E-state index in [0.717, 1.165) is 0 Å². The number of rotatable bonds is 4. The molecule has 0 spiro atoms. The van der Waals surface area contributed by atoms with Gasteiger partial charge in [0, 0.05) is 17.3 Å². The lowest BCUT2D eigenvalue weighted by molar-refractivity contribution is 0.598. The highest BCUT2D eigenvalue weighted by Crippen LogP contribution is 2.25. The van der Waals surface area contributed by atoms with Gasteiger partial charge < -0.3 is 5.32 Å². The fourth-order valence-electron chi connectivity index (χ4n) is 1.37. The Bertz CT molecular complexity index is 474. The van der Waals surface area contributed by atoms with Gasteiger partial charge in [-0.25, -0.2) is 8.42 Å². The summed E-state index contributed by atoms with van der Waals surface area (Å²) >= 11 is 11.7. The van der Waals surface area contributed by atoms with Crippen LogP contribution in [0.3, 0.4) is 0 Å². The molecule has 0 amide bonds. The van der Waals surface area contributed by atoms with Gasteiger partial charge in [-0.05, 0) is 25.1 Å². The van der Waals surface area contributed by atoms with Gasteiger partial charge in [-0.3, -0.25) is 0 Å². The van der Waals surface area contributed by atoms with E-state index in [1.807, 2.05) is 0 Å². The second-order valence-electron chi connectivity index (χ2n) is 3.76. The molecule has 16 heavy (non-hydrogen) atoms. The molecule has 1 aromatic carbocycles. The van der Waals surface area contributed by atoms with Crippen molar-refractivity contribution in [1.29, 1.82) is 0 Å². The Morgan fingerprint density at radius 2 is 2.00 bits per heavy atom. The Morgan fingerprint density at radius 3 is 2.50 bits per heavy atom. The molecule has 90 valence electrons. The maximum atomic E-state index is 11.1. The third-order valence-electron chi connectivity index (χ3n) is 1.89. The largest absolute Gasteiger partial charge is 0.380 e. The van der Waals surface area contributed by atoms with Crippen molar-refractivity contribution < 1.29 is 8.42 Å². The molecule has 1 aromatic rings. The highest BCUT2D eigenvalue weighted by molar-refractivity contribution is 7.90. The van der Waals surface area contributed by atoms with Gasteiger partial charge in [0.1, 0.15) is 9.84 Å². The first-order chi connectivity index (χ1) is 7.28. The highest BCUT2D eigenvalue weighted by Gasteiger charge is 2.11. The predicted molar refractivity (Wildman–Crippen MR) is 69.3 cm³/mol. The zero-order chi connectivity index (χ0) is 12.3. The first-order valence-corrected chi connectivity index (χ1v) is 7.49.